The zero-order valence-corrected chi connectivity index (χ0v) is 9.19. The van der Waals surface area contributed by atoms with Crippen molar-refractivity contribution in [2.24, 2.45) is 5.73 Å². The van der Waals surface area contributed by atoms with Gasteiger partial charge >= 0.3 is 0 Å². The van der Waals surface area contributed by atoms with Crippen LogP contribution in [0.15, 0.2) is 24.3 Å². The minimum absolute atomic E-state index is 0.0362. The molecule has 0 spiro atoms. The number of carbonyl (C=O) groups is 1. The lowest BCUT2D eigenvalue weighted by Gasteiger charge is -2.09. The van der Waals surface area contributed by atoms with Gasteiger partial charge in [-0.3, -0.25) is 4.79 Å². The molecule has 82 valence electrons. The lowest BCUT2D eigenvalue weighted by atomic mass is 10.0. The van der Waals surface area contributed by atoms with E-state index >= 15 is 0 Å². The normalized spacial score (nSPS) is 12.2. The second-order valence-electron chi connectivity index (χ2n) is 3.53. The largest absolute Gasteiger partial charge is 0.493 e. The smallest absolute Gasteiger partial charge is 0.168 e. The van der Waals surface area contributed by atoms with Gasteiger partial charge in [-0.15, -0.1) is 0 Å². The fourth-order valence-electron chi connectivity index (χ4n) is 1.38. The first-order valence-electron chi connectivity index (χ1n) is 5.15. The highest BCUT2D eigenvalue weighted by atomic mass is 16.5. The van der Waals surface area contributed by atoms with Crippen molar-refractivity contribution in [1.82, 2.24) is 0 Å². The highest BCUT2D eigenvalue weighted by Gasteiger charge is 2.12. The number of hydrogen-bond acceptors (Lipinski definition) is 3. The lowest BCUT2D eigenvalue weighted by molar-refractivity contribution is 0.0973. The molecular weight excluding hydrogens is 190 g/mol. The van der Waals surface area contributed by atoms with E-state index in [9.17, 15) is 4.79 Å². The molecule has 1 rings (SSSR count). The number of ether oxygens (including phenoxy) is 1. The summed E-state index contributed by atoms with van der Waals surface area (Å²) in [6, 6.07) is 7.14. The number of benzene rings is 1. The van der Waals surface area contributed by atoms with Gasteiger partial charge in [-0.2, -0.15) is 0 Å². The summed E-state index contributed by atoms with van der Waals surface area (Å²) < 4.78 is 5.38. The summed E-state index contributed by atoms with van der Waals surface area (Å²) in [4.78, 5) is 11.8. The molecule has 0 fully saturated rings. The van der Waals surface area contributed by atoms with E-state index in [4.69, 9.17) is 10.5 Å². The molecule has 0 bridgehead atoms. The minimum atomic E-state index is -0.118. The second-order valence-corrected chi connectivity index (χ2v) is 3.53. The number of rotatable bonds is 5. The van der Waals surface area contributed by atoms with Gasteiger partial charge in [0.2, 0.25) is 0 Å². The van der Waals surface area contributed by atoms with E-state index in [1.54, 1.807) is 12.1 Å². The third-order valence-corrected chi connectivity index (χ3v) is 1.99. The molecule has 1 aromatic carbocycles. The number of para-hydroxylation sites is 1. The first-order chi connectivity index (χ1) is 7.15. The average Bonchev–Trinajstić information content (AvgIpc) is 2.18. The Morgan fingerprint density at radius 1 is 1.47 bits per heavy atom. The van der Waals surface area contributed by atoms with Crippen LogP contribution in [-0.4, -0.2) is 18.4 Å². The molecule has 0 aliphatic heterocycles. The van der Waals surface area contributed by atoms with Crippen LogP contribution in [0.3, 0.4) is 0 Å². The highest BCUT2D eigenvalue weighted by Crippen LogP contribution is 2.19. The molecule has 2 N–H and O–H groups in total. The van der Waals surface area contributed by atoms with Crippen LogP contribution < -0.4 is 10.5 Å². The van der Waals surface area contributed by atoms with Crippen molar-refractivity contribution < 1.29 is 9.53 Å². The van der Waals surface area contributed by atoms with Crippen LogP contribution in [0.25, 0.3) is 0 Å². The predicted molar refractivity (Wildman–Crippen MR) is 60.2 cm³/mol. The minimum Gasteiger partial charge on any atom is -0.493 e. The molecule has 15 heavy (non-hydrogen) atoms. The maximum atomic E-state index is 11.8. The number of nitrogens with two attached hydrogens (primary N) is 1. The average molecular weight is 207 g/mol. The molecule has 0 heterocycles. The molecule has 0 saturated heterocycles. The van der Waals surface area contributed by atoms with Gasteiger partial charge in [-0.1, -0.05) is 12.1 Å². The summed E-state index contributed by atoms with van der Waals surface area (Å²) in [5.41, 5.74) is 6.21. The van der Waals surface area contributed by atoms with Gasteiger partial charge in [-0.05, 0) is 26.0 Å². The quantitative estimate of drug-likeness (QED) is 0.751. The molecule has 3 heteroatoms. The number of Topliss-reactive ketones (excluding diaryl/α,β-unsaturated/α-hetero) is 1. The summed E-state index contributed by atoms with van der Waals surface area (Å²) in [6.07, 6.45) is 0.351. The van der Waals surface area contributed by atoms with Crippen molar-refractivity contribution in [3.63, 3.8) is 0 Å². The van der Waals surface area contributed by atoms with Crippen LogP contribution in [-0.2, 0) is 0 Å². The molecule has 1 aromatic rings. The maximum Gasteiger partial charge on any atom is 0.168 e. The Labute approximate surface area is 90.2 Å². The number of carbonyl (C=O) groups excluding carboxylic acids is 1. The summed E-state index contributed by atoms with van der Waals surface area (Å²) in [6.45, 7) is 4.27. The van der Waals surface area contributed by atoms with Crippen molar-refractivity contribution in [2.45, 2.75) is 26.3 Å². The summed E-state index contributed by atoms with van der Waals surface area (Å²) >= 11 is 0. The Kier molecular flexibility index (Phi) is 4.31. The topological polar surface area (TPSA) is 52.3 Å². The molecule has 0 radical (unpaired) electrons. The van der Waals surface area contributed by atoms with Gasteiger partial charge in [0.05, 0.1) is 12.2 Å². The Morgan fingerprint density at radius 2 is 2.13 bits per heavy atom. The summed E-state index contributed by atoms with van der Waals surface area (Å²) in [5, 5.41) is 0. The van der Waals surface area contributed by atoms with Crippen LogP contribution in [0.1, 0.15) is 30.6 Å². The van der Waals surface area contributed by atoms with Crippen molar-refractivity contribution in [1.29, 1.82) is 0 Å². The number of hydrogen-bond donors (Lipinski definition) is 1. The maximum absolute atomic E-state index is 11.8. The van der Waals surface area contributed by atoms with E-state index in [1.807, 2.05) is 26.0 Å². The van der Waals surface area contributed by atoms with Crippen molar-refractivity contribution in [3.05, 3.63) is 29.8 Å². The standard InChI is InChI=1S/C12H17NO2/c1-3-15-12-7-5-4-6-10(12)11(14)8-9(2)13/h4-7,9H,3,8,13H2,1-2H3. The first kappa shape index (κ1) is 11.7. The van der Waals surface area contributed by atoms with Crippen LogP contribution in [0.2, 0.25) is 0 Å². The van der Waals surface area contributed by atoms with Gasteiger partial charge in [0.25, 0.3) is 0 Å². The fourth-order valence-corrected chi connectivity index (χ4v) is 1.38. The van der Waals surface area contributed by atoms with E-state index in [0.717, 1.165) is 0 Å². The fraction of sp³-hybridized carbons (Fsp3) is 0.417. The SMILES string of the molecule is CCOc1ccccc1C(=O)CC(C)N. The Bertz CT molecular complexity index is 334. The number of ketones is 1. The first-order valence-corrected chi connectivity index (χ1v) is 5.15. The van der Waals surface area contributed by atoms with Gasteiger partial charge < -0.3 is 10.5 Å². The molecule has 0 aromatic heterocycles. The zero-order chi connectivity index (χ0) is 11.3. The summed E-state index contributed by atoms with van der Waals surface area (Å²) in [5.74, 6) is 0.680. The molecule has 0 amide bonds. The van der Waals surface area contributed by atoms with E-state index in [-0.39, 0.29) is 11.8 Å². The van der Waals surface area contributed by atoms with E-state index in [2.05, 4.69) is 0 Å². The Balaban J connectivity index is 2.87. The van der Waals surface area contributed by atoms with E-state index < -0.39 is 0 Å². The van der Waals surface area contributed by atoms with Crippen LogP contribution >= 0.6 is 0 Å². The molecule has 0 aliphatic rings. The lowest BCUT2D eigenvalue weighted by Crippen LogP contribution is -2.20. The van der Waals surface area contributed by atoms with Crippen LogP contribution in [0.4, 0.5) is 0 Å². The molecule has 1 atom stereocenters. The second kappa shape index (κ2) is 5.51. The third-order valence-electron chi connectivity index (χ3n) is 1.99. The molecule has 0 saturated carbocycles. The van der Waals surface area contributed by atoms with Crippen LogP contribution in [0.5, 0.6) is 5.75 Å². The molecule has 3 nitrogen and oxygen atoms in total. The Morgan fingerprint density at radius 3 is 2.73 bits per heavy atom. The van der Waals surface area contributed by atoms with Gasteiger partial charge in [0.15, 0.2) is 5.78 Å². The molecule has 0 aliphatic carbocycles. The predicted octanol–water partition coefficient (Wildman–Crippen LogP) is 2.01. The molecule has 1 unspecified atom stereocenters. The van der Waals surface area contributed by atoms with Crippen molar-refractivity contribution >= 4 is 5.78 Å². The monoisotopic (exact) mass is 207 g/mol. The molecular formula is C12H17NO2. The zero-order valence-electron chi connectivity index (χ0n) is 9.19. The van der Waals surface area contributed by atoms with Crippen molar-refractivity contribution in [2.75, 3.05) is 6.61 Å². The van der Waals surface area contributed by atoms with E-state index in [1.165, 1.54) is 0 Å². The van der Waals surface area contributed by atoms with Crippen LogP contribution in [0, 0.1) is 0 Å². The van der Waals surface area contributed by atoms with Crippen molar-refractivity contribution in [3.8, 4) is 5.75 Å². The summed E-state index contributed by atoms with van der Waals surface area (Å²) in [7, 11) is 0. The van der Waals surface area contributed by atoms with Gasteiger partial charge in [0.1, 0.15) is 5.75 Å². The van der Waals surface area contributed by atoms with Gasteiger partial charge in [-0.25, -0.2) is 0 Å². The highest BCUT2D eigenvalue weighted by molar-refractivity contribution is 5.98. The third kappa shape index (κ3) is 3.36. The Hall–Kier alpha value is -1.35. The van der Waals surface area contributed by atoms with E-state index in [0.29, 0.717) is 24.3 Å². The van der Waals surface area contributed by atoms with Gasteiger partial charge in [0, 0.05) is 12.5 Å².